The first-order chi connectivity index (χ1) is 15.2. The van der Waals surface area contributed by atoms with Gasteiger partial charge in [0.15, 0.2) is 0 Å². The van der Waals surface area contributed by atoms with E-state index in [2.05, 4.69) is 50.1 Å². The monoisotopic (exact) mass is 432 g/mol. The minimum atomic E-state index is -0.216. The number of aromatic nitrogens is 2. The predicted octanol–water partition coefficient (Wildman–Crippen LogP) is 4.30. The van der Waals surface area contributed by atoms with Crippen molar-refractivity contribution < 1.29 is 9.59 Å². The van der Waals surface area contributed by atoms with Crippen LogP contribution in [-0.4, -0.2) is 46.3 Å². The van der Waals surface area contributed by atoms with Gasteiger partial charge in [0.1, 0.15) is 5.82 Å². The van der Waals surface area contributed by atoms with Crippen molar-refractivity contribution in [2.75, 3.05) is 19.6 Å². The summed E-state index contributed by atoms with van der Waals surface area (Å²) in [5.74, 6) is 1.07. The number of likely N-dealkylation sites (tertiary alicyclic amines) is 1. The fourth-order valence-corrected chi connectivity index (χ4v) is 4.23. The van der Waals surface area contributed by atoms with Crippen LogP contribution in [0.25, 0.3) is 11.0 Å². The Morgan fingerprint density at radius 1 is 1.09 bits per heavy atom. The fourth-order valence-electron chi connectivity index (χ4n) is 4.23. The van der Waals surface area contributed by atoms with Crippen molar-refractivity contribution in [1.29, 1.82) is 0 Å². The number of imidazole rings is 1. The molecule has 0 aliphatic carbocycles. The number of aryl methyl sites for hydroxylation is 1. The Hall–Kier alpha value is -3.15. The van der Waals surface area contributed by atoms with Gasteiger partial charge in [-0.3, -0.25) is 9.59 Å². The summed E-state index contributed by atoms with van der Waals surface area (Å²) in [5.41, 5.74) is 5.05. The molecule has 3 aromatic rings. The predicted molar refractivity (Wildman–Crippen MR) is 127 cm³/mol. The van der Waals surface area contributed by atoms with Crippen molar-refractivity contribution in [2.45, 2.75) is 51.9 Å². The summed E-state index contributed by atoms with van der Waals surface area (Å²) < 4.78 is 0. The van der Waals surface area contributed by atoms with Crippen LogP contribution >= 0.6 is 0 Å². The first-order valence-corrected chi connectivity index (χ1v) is 11.3. The van der Waals surface area contributed by atoms with Gasteiger partial charge in [-0.25, -0.2) is 4.98 Å². The second-order valence-electron chi connectivity index (χ2n) is 9.81. The molecule has 2 amide bonds. The Labute approximate surface area is 189 Å². The number of piperidine rings is 1. The second-order valence-corrected chi connectivity index (χ2v) is 9.81. The van der Waals surface area contributed by atoms with E-state index >= 15 is 0 Å². The van der Waals surface area contributed by atoms with Crippen LogP contribution in [0.15, 0.2) is 42.5 Å². The molecule has 4 rings (SSSR count). The van der Waals surface area contributed by atoms with Crippen molar-refractivity contribution in [3.8, 4) is 0 Å². The van der Waals surface area contributed by atoms with Crippen molar-refractivity contribution >= 4 is 22.8 Å². The molecule has 1 fully saturated rings. The van der Waals surface area contributed by atoms with Gasteiger partial charge >= 0.3 is 0 Å². The van der Waals surface area contributed by atoms with E-state index in [4.69, 9.17) is 4.98 Å². The maximum atomic E-state index is 12.6. The number of fused-ring (bicyclic) bond motifs is 1. The Morgan fingerprint density at radius 3 is 2.44 bits per heavy atom. The molecule has 0 atom stereocenters. The van der Waals surface area contributed by atoms with Gasteiger partial charge in [0, 0.05) is 24.6 Å². The molecule has 0 saturated carbocycles. The first-order valence-electron chi connectivity index (χ1n) is 11.3. The molecule has 1 aromatic heterocycles. The van der Waals surface area contributed by atoms with E-state index in [1.807, 2.05) is 35.2 Å². The van der Waals surface area contributed by atoms with Crippen LogP contribution in [0, 0.1) is 6.92 Å². The Balaban J connectivity index is 1.28. The lowest BCUT2D eigenvalue weighted by Crippen LogP contribution is -2.43. The molecule has 6 heteroatoms. The lowest BCUT2D eigenvalue weighted by Gasteiger charge is -2.31. The van der Waals surface area contributed by atoms with Crippen LogP contribution < -0.4 is 5.32 Å². The zero-order valence-corrected chi connectivity index (χ0v) is 19.4. The zero-order chi connectivity index (χ0) is 22.9. The van der Waals surface area contributed by atoms with Gasteiger partial charge in [-0.2, -0.15) is 0 Å². The highest BCUT2D eigenvalue weighted by Gasteiger charge is 2.26. The standard InChI is InChI=1S/C26H32N4O2/c1-17-5-10-21-22(15-17)29-24(28-21)18-11-13-30(14-12-18)23(31)16-27-25(32)19-6-8-20(9-7-19)26(2,3)4/h5-10,15,18H,11-14,16H2,1-4H3,(H,27,32)(H,28,29). The maximum Gasteiger partial charge on any atom is 0.251 e. The second kappa shape index (κ2) is 8.77. The van der Waals surface area contributed by atoms with Crippen molar-refractivity contribution in [1.82, 2.24) is 20.2 Å². The molecule has 1 saturated heterocycles. The number of carbonyl (C=O) groups excluding carboxylic acids is 2. The van der Waals surface area contributed by atoms with E-state index < -0.39 is 0 Å². The Kier molecular flexibility index (Phi) is 6.04. The summed E-state index contributed by atoms with van der Waals surface area (Å²) in [6.07, 6.45) is 1.74. The van der Waals surface area contributed by atoms with Gasteiger partial charge in [0.05, 0.1) is 17.6 Å². The highest BCUT2D eigenvalue weighted by Crippen LogP contribution is 2.28. The molecule has 2 heterocycles. The van der Waals surface area contributed by atoms with Crippen LogP contribution in [0.5, 0.6) is 0 Å². The molecule has 32 heavy (non-hydrogen) atoms. The summed E-state index contributed by atoms with van der Waals surface area (Å²) in [5, 5.41) is 2.77. The fraction of sp³-hybridized carbons (Fsp3) is 0.423. The minimum absolute atomic E-state index is 0.0223. The topological polar surface area (TPSA) is 78.1 Å². The Morgan fingerprint density at radius 2 is 1.78 bits per heavy atom. The number of hydrogen-bond acceptors (Lipinski definition) is 3. The number of benzene rings is 2. The van der Waals surface area contributed by atoms with Crippen LogP contribution in [0.3, 0.4) is 0 Å². The molecule has 0 unspecified atom stereocenters. The molecule has 0 bridgehead atoms. The lowest BCUT2D eigenvalue weighted by atomic mass is 9.87. The van der Waals surface area contributed by atoms with Crippen molar-refractivity contribution in [2.24, 2.45) is 0 Å². The van der Waals surface area contributed by atoms with Gasteiger partial charge in [-0.15, -0.1) is 0 Å². The number of nitrogens with one attached hydrogen (secondary N) is 2. The van der Waals surface area contributed by atoms with E-state index in [0.717, 1.165) is 29.7 Å². The van der Waals surface area contributed by atoms with Crippen LogP contribution in [0.1, 0.15) is 66.8 Å². The molecular weight excluding hydrogens is 400 g/mol. The van der Waals surface area contributed by atoms with Gasteiger partial charge < -0.3 is 15.2 Å². The average Bonchev–Trinajstić information content (AvgIpc) is 3.20. The van der Waals surface area contributed by atoms with Gasteiger partial charge in [0.25, 0.3) is 5.91 Å². The third-order valence-electron chi connectivity index (χ3n) is 6.30. The Bertz CT molecular complexity index is 1120. The smallest absolute Gasteiger partial charge is 0.251 e. The summed E-state index contributed by atoms with van der Waals surface area (Å²) >= 11 is 0. The molecule has 1 aliphatic heterocycles. The molecule has 0 radical (unpaired) electrons. The summed E-state index contributed by atoms with van der Waals surface area (Å²) in [4.78, 5) is 35.1. The van der Waals surface area contributed by atoms with E-state index in [1.165, 1.54) is 11.1 Å². The summed E-state index contributed by atoms with van der Waals surface area (Å²) in [7, 11) is 0. The molecule has 0 spiro atoms. The highest BCUT2D eigenvalue weighted by atomic mass is 16.2. The summed E-state index contributed by atoms with van der Waals surface area (Å²) in [6, 6.07) is 13.8. The van der Waals surface area contributed by atoms with Crippen molar-refractivity contribution in [3.05, 3.63) is 65.0 Å². The van der Waals surface area contributed by atoms with Crippen LogP contribution in [0.2, 0.25) is 0 Å². The summed E-state index contributed by atoms with van der Waals surface area (Å²) in [6.45, 7) is 9.86. The van der Waals surface area contributed by atoms with Crippen molar-refractivity contribution in [3.63, 3.8) is 0 Å². The SMILES string of the molecule is Cc1ccc2nc(C3CCN(C(=O)CNC(=O)c4ccc(C(C)(C)C)cc4)CC3)[nH]c2c1. The molecule has 168 valence electrons. The zero-order valence-electron chi connectivity index (χ0n) is 19.4. The molecule has 2 aromatic carbocycles. The number of carbonyl (C=O) groups is 2. The highest BCUT2D eigenvalue weighted by molar-refractivity contribution is 5.96. The molecular formula is C26H32N4O2. The van der Waals surface area contributed by atoms with Crippen LogP contribution in [0.4, 0.5) is 0 Å². The largest absolute Gasteiger partial charge is 0.343 e. The van der Waals surface area contributed by atoms with Gasteiger partial charge in [0.2, 0.25) is 5.91 Å². The lowest BCUT2D eigenvalue weighted by molar-refractivity contribution is -0.131. The van der Waals surface area contributed by atoms with E-state index in [9.17, 15) is 9.59 Å². The first kappa shape index (κ1) is 22.1. The minimum Gasteiger partial charge on any atom is -0.343 e. The average molecular weight is 433 g/mol. The normalized spacial score (nSPS) is 15.2. The van der Waals surface area contributed by atoms with Crippen LogP contribution in [-0.2, 0) is 10.2 Å². The van der Waals surface area contributed by atoms with Gasteiger partial charge in [-0.05, 0) is 60.6 Å². The number of hydrogen-bond donors (Lipinski definition) is 2. The third-order valence-corrected chi connectivity index (χ3v) is 6.30. The van der Waals surface area contributed by atoms with E-state index in [-0.39, 0.29) is 23.8 Å². The number of H-pyrrole nitrogens is 1. The van der Waals surface area contributed by atoms with E-state index in [1.54, 1.807) is 0 Å². The van der Waals surface area contributed by atoms with Gasteiger partial charge in [-0.1, -0.05) is 39.0 Å². The number of aromatic amines is 1. The third kappa shape index (κ3) is 4.85. The molecule has 2 N–H and O–H groups in total. The number of amides is 2. The molecule has 6 nitrogen and oxygen atoms in total. The molecule has 1 aliphatic rings. The number of rotatable bonds is 4. The number of nitrogens with zero attached hydrogens (tertiary/aromatic N) is 2. The quantitative estimate of drug-likeness (QED) is 0.645. The van der Waals surface area contributed by atoms with E-state index in [0.29, 0.717) is 24.6 Å². The maximum absolute atomic E-state index is 12.6.